The summed E-state index contributed by atoms with van der Waals surface area (Å²) in [5, 5.41) is 0. The summed E-state index contributed by atoms with van der Waals surface area (Å²) < 4.78 is 16.2. The van der Waals surface area contributed by atoms with Crippen molar-refractivity contribution in [3.05, 3.63) is 60.3 Å². The van der Waals surface area contributed by atoms with E-state index in [4.69, 9.17) is 14.2 Å². The zero-order valence-corrected chi connectivity index (χ0v) is 19.7. The number of hydrogen-bond donors (Lipinski definition) is 1. The first-order valence-corrected chi connectivity index (χ1v) is 10.7. The van der Waals surface area contributed by atoms with Crippen molar-refractivity contribution in [2.24, 2.45) is 0 Å². The van der Waals surface area contributed by atoms with E-state index in [1.807, 2.05) is 53.4 Å². The normalized spacial score (nSPS) is 13.4. The molecule has 0 bridgehead atoms. The van der Waals surface area contributed by atoms with Crippen molar-refractivity contribution in [2.75, 3.05) is 40.5 Å². The molecule has 1 aliphatic rings. The van der Waals surface area contributed by atoms with Crippen molar-refractivity contribution in [2.45, 2.75) is 0 Å². The maximum Gasteiger partial charge on any atom is 0.254 e. The van der Waals surface area contributed by atoms with Gasteiger partial charge in [-0.1, -0.05) is 12.1 Å². The SMILES string of the molecule is COc1ccc(-c2ccnc3nc(-c4ccc(C(=O)N5CCOCC5)cc4)[nH]c23)c(OC)c1.Cl. The number of H-pyrrole nitrogens is 1. The number of methoxy groups -OCH3 is 2. The molecular weight excluding hydrogens is 456 g/mol. The van der Waals surface area contributed by atoms with Crippen molar-refractivity contribution in [1.29, 1.82) is 0 Å². The summed E-state index contributed by atoms with van der Waals surface area (Å²) in [6, 6.07) is 15.1. The zero-order chi connectivity index (χ0) is 22.8. The van der Waals surface area contributed by atoms with Crippen LogP contribution in [-0.2, 0) is 4.74 Å². The molecule has 0 spiro atoms. The summed E-state index contributed by atoms with van der Waals surface area (Å²) in [5.41, 5.74) is 4.78. The number of aromatic amines is 1. The van der Waals surface area contributed by atoms with E-state index in [-0.39, 0.29) is 18.3 Å². The lowest BCUT2D eigenvalue weighted by Gasteiger charge is -2.26. The van der Waals surface area contributed by atoms with Crippen molar-refractivity contribution in [3.63, 3.8) is 0 Å². The van der Waals surface area contributed by atoms with Crippen LogP contribution in [0.25, 0.3) is 33.7 Å². The van der Waals surface area contributed by atoms with Crippen LogP contribution in [0, 0.1) is 0 Å². The van der Waals surface area contributed by atoms with E-state index >= 15 is 0 Å². The Kier molecular flexibility index (Phi) is 7.00. The van der Waals surface area contributed by atoms with Gasteiger partial charge in [0.05, 0.1) is 33.0 Å². The van der Waals surface area contributed by atoms with Gasteiger partial charge in [0.25, 0.3) is 5.91 Å². The van der Waals surface area contributed by atoms with Crippen LogP contribution >= 0.6 is 12.4 Å². The number of rotatable bonds is 5. The minimum atomic E-state index is 0. The Balaban J connectivity index is 0.00000274. The number of halogens is 1. The molecule has 3 heterocycles. The number of nitrogens with zero attached hydrogens (tertiary/aromatic N) is 3. The molecule has 0 atom stereocenters. The van der Waals surface area contributed by atoms with Crippen molar-refractivity contribution in [3.8, 4) is 34.0 Å². The quantitative estimate of drug-likeness (QED) is 0.460. The number of ether oxygens (including phenoxy) is 3. The molecule has 0 aliphatic carbocycles. The van der Waals surface area contributed by atoms with E-state index in [2.05, 4.69) is 15.0 Å². The third-order valence-electron chi connectivity index (χ3n) is 5.79. The molecule has 5 rings (SSSR count). The molecule has 176 valence electrons. The topological polar surface area (TPSA) is 89.6 Å². The Morgan fingerprint density at radius 3 is 2.47 bits per heavy atom. The van der Waals surface area contributed by atoms with Gasteiger partial charge in [-0.3, -0.25) is 4.79 Å². The van der Waals surface area contributed by atoms with E-state index in [1.54, 1.807) is 20.4 Å². The van der Waals surface area contributed by atoms with Gasteiger partial charge in [-0.15, -0.1) is 12.4 Å². The molecule has 1 saturated heterocycles. The summed E-state index contributed by atoms with van der Waals surface area (Å²) in [4.78, 5) is 27.0. The maximum absolute atomic E-state index is 12.7. The molecule has 2 aromatic heterocycles. The van der Waals surface area contributed by atoms with E-state index < -0.39 is 0 Å². The molecule has 1 fully saturated rings. The zero-order valence-electron chi connectivity index (χ0n) is 18.9. The molecule has 0 unspecified atom stereocenters. The lowest BCUT2D eigenvalue weighted by Crippen LogP contribution is -2.40. The Bertz CT molecular complexity index is 1300. The summed E-state index contributed by atoms with van der Waals surface area (Å²) in [6.07, 6.45) is 1.73. The largest absolute Gasteiger partial charge is 0.497 e. The predicted octanol–water partition coefficient (Wildman–Crippen LogP) is 4.20. The fourth-order valence-electron chi connectivity index (χ4n) is 4.01. The van der Waals surface area contributed by atoms with Crippen LogP contribution in [0.3, 0.4) is 0 Å². The molecule has 2 aromatic carbocycles. The molecule has 0 saturated carbocycles. The molecule has 1 amide bonds. The number of fused-ring (bicyclic) bond motifs is 1. The van der Waals surface area contributed by atoms with Crippen LogP contribution in [0.4, 0.5) is 0 Å². The predicted molar refractivity (Wildman–Crippen MR) is 132 cm³/mol. The first-order chi connectivity index (χ1) is 16.2. The average Bonchev–Trinajstić information content (AvgIpc) is 3.33. The van der Waals surface area contributed by atoms with Crippen LogP contribution < -0.4 is 9.47 Å². The summed E-state index contributed by atoms with van der Waals surface area (Å²) in [7, 11) is 3.26. The van der Waals surface area contributed by atoms with Crippen LogP contribution in [0.5, 0.6) is 11.5 Å². The molecule has 0 radical (unpaired) electrons. The van der Waals surface area contributed by atoms with Crippen LogP contribution in [0.15, 0.2) is 54.7 Å². The monoisotopic (exact) mass is 480 g/mol. The number of nitrogens with one attached hydrogen (secondary N) is 1. The second kappa shape index (κ2) is 10.1. The Labute approximate surface area is 203 Å². The number of carbonyl (C=O) groups is 1. The number of benzene rings is 2. The van der Waals surface area contributed by atoms with Gasteiger partial charge in [0, 0.05) is 47.6 Å². The van der Waals surface area contributed by atoms with Crippen LogP contribution in [0.1, 0.15) is 10.4 Å². The third-order valence-corrected chi connectivity index (χ3v) is 5.79. The summed E-state index contributed by atoms with van der Waals surface area (Å²) >= 11 is 0. The van der Waals surface area contributed by atoms with Gasteiger partial charge in [0.1, 0.15) is 17.3 Å². The van der Waals surface area contributed by atoms with Gasteiger partial charge < -0.3 is 24.1 Å². The van der Waals surface area contributed by atoms with Crippen molar-refractivity contribution in [1.82, 2.24) is 19.9 Å². The van der Waals surface area contributed by atoms with E-state index in [0.29, 0.717) is 49.1 Å². The average molecular weight is 481 g/mol. The van der Waals surface area contributed by atoms with Gasteiger partial charge in [0.15, 0.2) is 5.65 Å². The Hall–Kier alpha value is -3.62. The molecule has 4 aromatic rings. The first kappa shape index (κ1) is 23.5. The van der Waals surface area contributed by atoms with E-state index in [9.17, 15) is 4.79 Å². The minimum absolute atomic E-state index is 0. The number of morpholine rings is 1. The summed E-state index contributed by atoms with van der Waals surface area (Å²) in [6.45, 7) is 2.40. The number of pyridine rings is 1. The molecule has 1 aliphatic heterocycles. The standard InChI is InChI=1S/C25H24N4O4.ClH/c1-31-18-7-8-19(21(15-18)32-2)20-9-10-26-24-22(20)27-23(28-24)16-3-5-17(6-4-16)25(30)29-11-13-33-14-12-29;/h3-10,15H,11-14H2,1-2H3,(H,26,27,28);1H. The number of amides is 1. The van der Waals surface area contributed by atoms with Crippen LogP contribution in [-0.4, -0.2) is 66.3 Å². The van der Waals surface area contributed by atoms with Gasteiger partial charge >= 0.3 is 0 Å². The van der Waals surface area contributed by atoms with Gasteiger partial charge in [-0.05, 0) is 30.3 Å². The highest BCUT2D eigenvalue weighted by molar-refractivity contribution is 5.95. The van der Waals surface area contributed by atoms with Gasteiger partial charge in [0.2, 0.25) is 0 Å². The van der Waals surface area contributed by atoms with Crippen LogP contribution in [0.2, 0.25) is 0 Å². The number of aromatic nitrogens is 3. The highest BCUT2D eigenvalue weighted by Gasteiger charge is 2.19. The molecule has 1 N–H and O–H groups in total. The number of carbonyl (C=O) groups excluding carboxylic acids is 1. The number of imidazole rings is 1. The second-order valence-corrected chi connectivity index (χ2v) is 7.69. The van der Waals surface area contributed by atoms with Crippen molar-refractivity contribution < 1.29 is 19.0 Å². The molecule has 9 heteroatoms. The Morgan fingerprint density at radius 1 is 1.00 bits per heavy atom. The fraction of sp³-hybridized carbons (Fsp3) is 0.240. The highest BCUT2D eigenvalue weighted by Crippen LogP contribution is 2.36. The van der Waals surface area contributed by atoms with E-state index in [1.165, 1.54) is 0 Å². The highest BCUT2D eigenvalue weighted by atomic mass is 35.5. The lowest BCUT2D eigenvalue weighted by atomic mass is 10.0. The molecule has 34 heavy (non-hydrogen) atoms. The van der Waals surface area contributed by atoms with Crippen molar-refractivity contribution >= 4 is 29.5 Å². The van der Waals surface area contributed by atoms with Gasteiger partial charge in [-0.25, -0.2) is 9.97 Å². The fourth-order valence-corrected chi connectivity index (χ4v) is 4.01. The smallest absolute Gasteiger partial charge is 0.254 e. The summed E-state index contributed by atoms with van der Waals surface area (Å²) in [5.74, 6) is 2.12. The van der Waals surface area contributed by atoms with E-state index in [0.717, 1.165) is 28.0 Å². The lowest BCUT2D eigenvalue weighted by molar-refractivity contribution is 0.0303. The number of hydrogen-bond acceptors (Lipinski definition) is 6. The molecule has 8 nitrogen and oxygen atoms in total. The Morgan fingerprint density at radius 2 is 1.76 bits per heavy atom. The third kappa shape index (κ3) is 4.42. The minimum Gasteiger partial charge on any atom is -0.497 e. The second-order valence-electron chi connectivity index (χ2n) is 7.69. The van der Waals surface area contributed by atoms with Gasteiger partial charge in [-0.2, -0.15) is 0 Å². The maximum atomic E-state index is 12.7. The molecular formula is C25H25ClN4O4. The first-order valence-electron chi connectivity index (χ1n) is 10.7.